The number of nitrogens with one attached hydrogen (secondary N) is 1. The molecule has 1 aromatic carbocycles. The highest BCUT2D eigenvalue weighted by molar-refractivity contribution is 7.08. The largest absolute Gasteiger partial charge is 0.286 e. The number of benzene rings is 1. The van der Waals surface area contributed by atoms with Crippen LogP contribution in [0.25, 0.3) is 0 Å². The first-order valence-electron chi connectivity index (χ1n) is 5.58. The topological polar surface area (TPSA) is 65.2 Å². The number of rotatable bonds is 4. The molecule has 0 spiro atoms. The summed E-state index contributed by atoms with van der Waals surface area (Å²) >= 11 is 1.41. The minimum Gasteiger partial charge on any atom is -0.286 e. The van der Waals surface area contributed by atoms with E-state index in [9.17, 15) is 4.79 Å². The summed E-state index contributed by atoms with van der Waals surface area (Å²) in [7, 11) is 0. The van der Waals surface area contributed by atoms with Crippen LogP contribution in [0.2, 0.25) is 0 Å². The molecule has 0 aliphatic heterocycles. The van der Waals surface area contributed by atoms with E-state index in [-0.39, 0.29) is 11.5 Å². The van der Waals surface area contributed by atoms with E-state index in [0.29, 0.717) is 5.56 Å². The van der Waals surface area contributed by atoms with Crippen LogP contribution in [0.4, 0.5) is 5.69 Å². The highest BCUT2D eigenvalue weighted by atomic mass is 32.1. The van der Waals surface area contributed by atoms with Crippen molar-refractivity contribution in [2.24, 2.45) is 5.10 Å². The zero-order chi connectivity index (χ0) is 13.7. The fourth-order valence-corrected chi connectivity index (χ4v) is 2.04. The van der Waals surface area contributed by atoms with Gasteiger partial charge in [0.15, 0.2) is 0 Å². The van der Waals surface area contributed by atoms with Gasteiger partial charge in [0.05, 0.1) is 5.69 Å². The monoisotopic (exact) mass is 269 g/mol. The van der Waals surface area contributed by atoms with Gasteiger partial charge in [-0.05, 0) is 30.5 Å². The van der Waals surface area contributed by atoms with Crippen LogP contribution in [0.15, 0.2) is 46.2 Å². The van der Waals surface area contributed by atoms with Crippen LogP contribution in [-0.2, 0) is 0 Å². The predicted octanol–water partition coefficient (Wildman–Crippen LogP) is 3.23. The second kappa shape index (κ2) is 5.94. The van der Waals surface area contributed by atoms with Gasteiger partial charge in [0.25, 0.3) is 0 Å². The highest BCUT2D eigenvalue weighted by Gasteiger charge is 2.14. The first-order chi connectivity index (χ1) is 9.20. The van der Waals surface area contributed by atoms with Crippen molar-refractivity contribution in [3.05, 3.63) is 52.2 Å². The third-order valence-electron chi connectivity index (χ3n) is 2.45. The average Bonchev–Trinajstić information content (AvgIpc) is 2.95. The number of nitrogens with zero attached hydrogens (tertiary/aromatic N) is 2. The summed E-state index contributed by atoms with van der Waals surface area (Å²) in [5, 5.41) is 16.3. The summed E-state index contributed by atoms with van der Waals surface area (Å²) in [5.74, 6) is -0.372. The molecule has 0 saturated heterocycles. The lowest BCUT2D eigenvalue weighted by Crippen LogP contribution is -2.13. The molecule has 19 heavy (non-hydrogen) atoms. The van der Waals surface area contributed by atoms with Crippen LogP contribution in [0.3, 0.4) is 0 Å². The van der Waals surface area contributed by atoms with Crippen molar-refractivity contribution in [1.29, 1.82) is 5.26 Å². The van der Waals surface area contributed by atoms with Crippen molar-refractivity contribution in [1.82, 2.24) is 0 Å². The van der Waals surface area contributed by atoms with Gasteiger partial charge in [-0.15, -0.1) is 0 Å². The van der Waals surface area contributed by atoms with Gasteiger partial charge in [-0.2, -0.15) is 21.7 Å². The van der Waals surface area contributed by atoms with Gasteiger partial charge in [0.2, 0.25) is 11.5 Å². The Morgan fingerprint density at radius 1 is 1.32 bits per heavy atom. The zero-order valence-electron chi connectivity index (χ0n) is 10.3. The number of ketones is 1. The Bertz CT molecular complexity index is 636. The molecule has 0 saturated carbocycles. The molecule has 0 bridgehead atoms. The lowest BCUT2D eigenvalue weighted by atomic mass is 10.1. The van der Waals surface area contributed by atoms with Crippen LogP contribution in [0.1, 0.15) is 15.9 Å². The highest BCUT2D eigenvalue weighted by Crippen LogP contribution is 2.10. The first-order valence-corrected chi connectivity index (χ1v) is 6.52. The molecule has 0 amide bonds. The van der Waals surface area contributed by atoms with Gasteiger partial charge in [0.1, 0.15) is 6.07 Å². The molecule has 2 rings (SSSR count). The van der Waals surface area contributed by atoms with Crippen LogP contribution in [0.5, 0.6) is 0 Å². The molecule has 5 heteroatoms. The molecule has 0 radical (unpaired) electrons. The van der Waals surface area contributed by atoms with Crippen LogP contribution >= 0.6 is 11.3 Å². The standard InChI is InChI=1S/C14H11N3OS/c1-10-2-4-12(5-3-10)16-17-13(8-15)14(18)11-6-7-19-9-11/h2-7,9,16H,1H3/b17-13-. The fraction of sp³-hybridized carbons (Fsp3) is 0.0714. The molecular weight excluding hydrogens is 258 g/mol. The molecule has 1 heterocycles. The van der Waals surface area contributed by atoms with Crippen molar-refractivity contribution < 1.29 is 4.79 Å². The lowest BCUT2D eigenvalue weighted by Gasteiger charge is -2.01. The Labute approximate surface area is 115 Å². The van der Waals surface area contributed by atoms with E-state index in [0.717, 1.165) is 11.3 Å². The summed E-state index contributed by atoms with van der Waals surface area (Å²) in [6.07, 6.45) is 0. The summed E-state index contributed by atoms with van der Waals surface area (Å²) in [5.41, 5.74) is 4.90. The SMILES string of the molecule is Cc1ccc(N/N=C(/C#N)C(=O)c2ccsc2)cc1. The first kappa shape index (κ1) is 13.0. The van der Waals surface area contributed by atoms with E-state index in [1.165, 1.54) is 11.3 Å². The van der Waals surface area contributed by atoms with Gasteiger partial charge in [-0.3, -0.25) is 10.2 Å². The Morgan fingerprint density at radius 3 is 2.63 bits per heavy atom. The smallest absolute Gasteiger partial charge is 0.224 e. The van der Waals surface area contributed by atoms with Crippen molar-refractivity contribution >= 4 is 28.5 Å². The van der Waals surface area contributed by atoms with E-state index in [1.807, 2.05) is 37.3 Å². The molecule has 1 aromatic heterocycles. The van der Waals surface area contributed by atoms with Crippen LogP contribution in [-0.4, -0.2) is 11.5 Å². The minimum atomic E-state index is -0.372. The maximum Gasteiger partial charge on any atom is 0.224 e. The number of carbonyl (C=O) groups excluding carboxylic acids is 1. The van der Waals surface area contributed by atoms with Crippen molar-refractivity contribution in [2.75, 3.05) is 5.43 Å². The molecule has 1 N–H and O–H groups in total. The number of carbonyl (C=O) groups is 1. The van der Waals surface area contributed by atoms with Gasteiger partial charge >= 0.3 is 0 Å². The molecular formula is C14H11N3OS. The van der Waals surface area contributed by atoms with E-state index in [4.69, 9.17) is 5.26 Å². The van der Waals surface area contributed by atoms with Crippen molar-refractivity contribution in [3.63, 3.8) is 0 Å². The molecule has 4 nitrogen and oxygen atoms in total. The van der Waals surface area contributed by atoms with Gasteiger partial charge < -0.3 is 0 Å². The second-order valence-corrected chi connectivity index (χ2v) is 4.67. The Kier molecular flexibility index (Phi) is 4.06. The quantitative estimate of drug-likeness (QED) is 0.526. The van der Waals surface area contributed by atoms with E-state index in [2.05, 4.69) is 10.5 Å². The number of aryl methyl sites for hydroxylation is 1. The summed E-state index contributed by atoms with van der Waals surface area (Å²) in [6.45, 7) is 1.98. The Morgan fingerprint density at radius 2 is 2.05 bits per heavy atom. The van der Waals surface area contributed by atoms with Crippen LogP contribution in [0, 0.1) is 18.3 Å². The van der Waals surface area contributed by atoms with Gasteiger partial charge in [-0.25, -0.2) is 0 Å². The Hall–Kier alpha value is -2.45. The molecule has 0 fully saturated rings. The number of anilines is 1. The molecule has 0 aliphatic carbocycles. The number of hydrazone groups is 1. The third kappa shape index (κ3) is 3.27. The lowest BCUT2D eigenvalue weighted by molar-refractivity contribution is 0.106. The normalized spacial score (nSPS) is 10.8. The van der Waals surface area contributed by atoms with E-state index in [1.54, 1.807) is 16.8 Å². The van der Waals surface area contributed by atoms with Crippen LogP contribution < -0.4 is 5.43 Å². The molecule has 0 atom stereocenters. The number of thiophene rings is 1. The van der Waals surface area contributed by atoms with E-state index < -0.39 is 0 Å². The van der Waals surface area contributed by atoms with Crippen molar-refractivity contribution in [2.45, 2.75) is 6.92 Å². The zero-order valence-corrected chi connectivity index (χ0v) is 11.1. The third-order valence-corrected chi connectivity index (χ3v) is 3.14. The number of Topliss-reactive ketones (excluding diaryl/α,β-unsaturated/α-hetero) is 1. The fourth-order valence-electron chi connectivity index (χ4n) is 1.41. The Balaban J connectivity index is 2.14. The average molecular weight is 269 g/mol. The number of nitriles is 1. The van der Waals surface area contributed by atoms with Gasteiger partial charge in [0, 0.05) is 10.9 Å². The molecule has 2 aromatic rings. The van der Waals surface area contributed by atoms with Gasteiger partial charge in [-0.1, -0.05) is 17.7 Å². The van der Waals surface area contributed by atoms with E-state index >= 15 is 0 Å². The number of hydrogen-bond donors (Lipinski definition) is 1. The second-order valence-electron chi connectivity index (χ2n) is 3.89. The maximum atomic E-state index is 11.9. The minimum absolute atomic E-state index is 0.154. The molecule has 0 unspecified atom stereocenters. The molecule has 94 valence electrons. The number of hydrogen-bond acceptors (Lipinski definition) is 5. The maximum absolute atomic E-state index is 11.9. The predicted molar refractivity (Wildman–Crippen MR) is 76.5 cm³/mol. The molecule has 0 aliphatic rings. The summed E-state index contributed by atoms with van der Waals surface area (Å²) in [4.78, 5) is 11.9. The summed E-state index contributed by atoms with van der Waals surface area (Å²) < 4.78 is 0. The summed E-state index contributed by atoms with van der Waals surface area (Å²) in [6, 6.07) is 11.0. The van der Waals surface area contributed by atoms with Crippen molar-refractivity contribution in [3.8, 4) is 6.07 Å².